The van der Waals surface area contributed by atoms with Crippen LogP contribution in [0.15, 0.2) is 6.07 Å². The van der Waals surface area contributed by atoms with Crippen LogP contribution in [0, 0.1) is 0 Å². The van der Waals surface area contributed by atoms with E-state index in [2.05, 4.69) is 9.97 Å². The number of halogens is 1. The van der Waals surface area contributed by atoms with E-state index in [4.69, 9.17) is 16.3 Å². The van der Waals surface area contributed by atoms with Gasteiger partial charge in [-0.3, -0.25) is 0 Å². The van der Waals surface area contributed by atoms with Crippen LogP contribution in [-0.4, -0.2) is 17.1 Å². The van der Waals surface area contributed by atoms with Crippen molar-refractivity contribution < 1.29 is 4.74 Å². The molecule has 1 aromatic rings. The Hall–Kier alpha value is -0.670. The van der Waals surface area contributed by atoms with Crippen molar-refractivity contribution in [3.05, 3.63) is 22.7 Å². The molecule has 1 aliphatic carbocycles. The number of hydrogen-bond acceptors (Lipinski definition) is 3. The molecule has 1 saturated carbocycles. The van der Waals surface area contributed by atoms with E-state index in [1.807, 2.05) is 19.9 Å². The van der Waals surface area contributed by atoms with Crippen LogP contribution in [-0.2, 0) is 10.3 Å². The summed E-state index contributed by atoms with van der Waals surface area (Å²) in [5.74, 6) is 1.25. The van der Waals surface area contributed by atoms with Crippen LogP contribution in [0.5, 0.6) is 0 Å². The summed E-state index contributed by atoms with van der Waals surface area (Å²) in [7, 11) is 1.65. The molecular weight excluding hydrogens is 212 g/mol. The molecule has 0 N–H and O–H groups in total. The first-order valence-electron chi connectivity index (χ1n) is 5.13. The monoisotopic (exact) mass is 226 g/mol. The third kappa shape index (κ3) is 2.29. The van der Waals surface area contributed by atoms with Gasteiger partial charge in [0.25, 0.3) is 0 Å². The molecule has 0 aromatic carbocycles. The van der Waals surface area contributed by atoms with E-state index < -0.39 is 5.60 Å². The van der Waals surface area contributed by atoms with Crippen molar-refractivity contribution in [1.29, 1.82) is 0 Å². The van der Waals surface area contributed by atoms with E-state index in [9.17, 15) is 0 Å². The van der Waals surface area contributed by atoms with Crippen LogP contribution in [0.4, 0.5) is 0 Å². The van der Waals surface area contributed by atoms with Crippen LogP contribution in [0.2, 0.25) is 5.15 Å². The first-order chi connectivity index (χ1) is 7.03. The molecular formula is C11H15ClN2O. The largest absolute Gasteiger partial charge is 0.371 e. The van der Waals surface area contributed by atoms with Gasteiger partial charge in [-0.05, 0) is 32.8 Å². The molecule has 2 rings (SSSR count). The van der Waals surface area contributed by atoms with Gasteiger partial charge in [0.05, 0.1) is 0 Å². The first-order valence-corrected chi connectivity index (χ1v) is 5.51. The average Bonchev–Trinajstić information content (AvgIpc) is 3.00. The van der Waals surface area contributed by atoms with E-state index >= 15 is 0 Å². The Balaban J connectivity index is 2.38. The number of aromatic nitrogens is 2. The molecule has 0 radical (unpaired) electrons. The number of ether oxygens (including phenoxy) is 1. The summed E-state index contributed by atoms with van der Waals surface area (Å²) in [6.45, 7) is 3.88. The third-order valence-electron chi connectivity index (χ3n) is 2.76. The predicted octanol–water partition coefficient (Wildman–Crippen LogP) is 2.89. The van der Waals surface area contributed by atoms with Crippen molar-refractivity contribution >= 4 is 11.6 Å². The smallest absolute Gasteiger partial charge is 0.161 e. The van der Waals surface area contributed by atoms with E-state index in [1.54, 1.807) is 7.11 Å². The minimum atomic E-state index is -0.478. The topological polar surface area (TPSA) is 35.0 Å². The highest BCUT2D eigenvalue weighted by atomic mass is 35.5. The molecule has 0 atom stereocenters. The summed E-state index contributed by atoms with van der Waals surface area (Å²) >= 11 is 5.98. The molecule has 1 aliphatic rings. The number of hydrogen-bond donors (Lipinski definition) is 0. The van der Waals surface area contributed by atoms with Crippen LogP contribution >= 0.6 is 11.6 Å². The molecule has 4 heteroatoms. The quantitative estimate of drug-likeness (QED) is 0.744. The number of rotatable bonds is 3. The minimum absolute atomic E-state index is 0.478. The van der Waals surface area contributed by atoms with Crippen LogP contribution in [0.3, 0.4) is 0 Å². The molecule has 0 aliphatic heterocycles. The molecule has 0 bridgehead atoms. The Morgan fingerprint density at radius 3 is 2.60 bits per heavy atom. The summed E-state index contributed by atoms with van der Waals surface area (Å²) in [5, 5.41) is 0.507. The van der Waals surface area contributed by atoms with Gasteiger partial charge in [-0.2, -0.15) is 0 Å². The van der Waals surface area contributed by atoms with Gasteiger partial charge >= 0.3 is 0 Å². The average molecular weight is 227 g/mol. The Kier molecular flexibility index (Phi) is 2.69. The van der Waals surface area contributed by atoms with Gasteiger partial charge in [0.1, 0.15) is 10.8 Å². The molecule has 82 valence electrons. The zero-order chi connectivity index (χ0) is 11.1. The summed E-state index contributed by atoms with van der Waals surface area (Å²) in [5.41, 5.74) is 0.573. The first kappa shape index (κ1) is 10.8. The van der Waals surface area contributed by atoms with Gasteiger partial charge in [0.2, 0.25) is 0 Å². The van der Waals surface area contributed by atoms with Crippen molar-refractivity contribution in [3.63, 3.8) is 0 Å². The fraction of sp³-hybridized carbons (Fsp3) is 0.636. The normalized spacial score (nSPS) is 16.8. The highest BCUT2D eigenvalue weighted by molar-refractivity contribution is 6.29. The maximum Gasteiger partial charge on any atom is 0.161 e. The van der Waals surface area contributed by atoms with Crippen molar-refractivity contribution in [3.8, 4) is 0 Å². The number of nitrogens with zero attached hydrogens (tertiary/aromatic N) is 2. The van der Waals surface area contributed by atoms with Crippen molar-refractivity contribution in [2.24, 2.45) is 0 Å². The van der Waals surface area contributed by atoms with Crippen molar-refractivity contribution in [1.82, 2.24) is 9.97 Å². The lowest BCUT2D eigenvalue weighted by Gasteiger charge is -2.21. The molecule has 0 unspecified atom stereocenters. The molecule has 15 heavy (non-hydrogen) atoms. The van der Waals surface area contributed by atoms with E-state index in [0.717, 1.165) is 5.69 Å². The van der Waals surface area contributed by atoms with Gasteiger partial charge in [0.15, 0.2) is 5.82 Å². The second-order valence-corrected chi connectivity index (χ2v) is 4.82. The summed E-state index contributed by atoms with van der Waals surface area (Å²) in [6, 6.07) is 1.86. The maximum atomic E-state index is 5.98. The Morgan fingerprint density at radius 2 is 2.07 bits per heavy atom. The fourth-order valence-corrected chi connectivity index (χ4v) is 1.58. The maximum absolute atomic E-state index is 5.98. The van der Waals surface area contributed by atoms with Gasteiger partial charge in [-0.15, -0.1) is 0 Å². The lowest BCUT2D eigenvalue weighted by atomic mass is 10.1. The molecule has 3 nitrogen and oxygen atoms in total. The van der Waals surface area contributed by atoms with Crippen molar-refractivity contribution in [2.75, 3.05) is 7.11 Å². The second kappa shape index (κ2) is 3.72. The number of methoxy groups -OCH3 is 1. The van der Waals surface area contributed by atoms with Crippen LogP contribution in [0.25, 0.3) is 0 Å². The molecule has 1 fully saturated rings. The predicted molar refractivity (Wildman–Crippen MR) is 59.1 cm³/mol. The van der Waals surface area contributed by atoms with Gasteiger partial charge < -0.3 is 4.74 Å². The Bertz CT molecular complexity index is 375. The zero-order valence-corrected chi connectivity index (χ0v) is 10.0. The van der Waals surface area contributed by atoms with Gasteiger partial charge in [-0.25, -0.2) is 9.97 Å². The molecule has 0 saturated heterocycles. The molecule has 0 amide bonds. The minimum Gasteiger partial charge on any atom is -0.371 e. The van der Waals surface area contributed by atoms with Gasteiger partial charge in [0, 0.05) is 18.7 Å². The third-order valence-corrected chi connectivity index (χ3v) is 2.95. The molecule has 0 spiro atoms. The highest BCUT2D eigenvalue weighted by Gasteiger charge is 2.29. The highest BCUT2D eigenvalue weighted by Crippen LogP contribution is 2.40. The Labute approximate surface area is 94.8 Å². The lowest BCUT2D eigenvalue weighted by Crippen LogP contribution is -2.23. The van der Waals surface area contributed by atoms with E-state index in [0.29, 0.717) is 16.9 Å². The summed E-state index contributed by atoms with van der Waals surface area (Å²) in [6.07, 6.45) is 2.42. The summed E-state index contributed by atoms with van der Waals surface area (Å²) in [4.78, 5) is 8.73. The second-order valence-electron chi connectivity index (χ2n) is 4.43. The van der Waals surface area contributed by atoms with Gasteiger partial charge in [-0.1, -0.05) is 11.6 Å². The fourth-order valence-electron chi connectivity index (χ4n) is 1.38. The van der Waals surface area contributed by atoms with Crippen LogP contribution in [0.1, 0.15) is 44.1 Å². The van der Waals surface area contributed by atoms with Crippen molar-refractivity contribution in [2.45, 2.75) is 38.2 Å². The van der Waals surface area contributed by atoms with Crippen LogP contribution < -0.4 is 0 Å². The molecule has 1 aromatic heterocycles. The Morgan fingerprint density at radius 1 is 1.40 bits per heavy atom. The SMILES string of the molecule is COC(C)(C)c1nc(Cl)cc(C2CC2)n1. The molecule has 1 heterocycles. The van der Waals surface area contributed by atoms with E-state index in [-0.39, 0.29) is 0 Å². The standard InChI is InChI=1S/C11H15ClN2O/c1-11(2,15-3)10-13-8(7-4-5-7)6-9(12)14-10/h6-7H,4-5H2,1-3H3. The summed E-state index contributed by atoms with van der Waals surface area (Å²) < 4.78 is 5.35. The van der Waals surface area contributed by atoms with E-state index in [1.165, 1.54) is 12.8 Å². The lowest BCUT2D eigenvalue weighted by molar-refractivity contribution is 0.0113. The zero-order valence-electron chi connectivity index (χ0n) is 9.25.